The molecule has 0 spiro atoms. The number of hydrogen-bond donors (Lipinski definition) is 1. The van der Waals surface area contributed by atoms with E-state index in [1.807, 2.05) is 6.92 Å². The van der Waals surface area contributed by atoms with E-state index in [2.05, 4.69) is 24.9 Å². The van der Waals surface area contributed by atoms with Crippen molar-refractivity contribution in [3.05, 3.63) is 47.8 Å². The Balaban J connectivity index is 2.06. The molecule has 13 heteroatoms. The second-order valence-corrected chi connectivity index (χ2v) is 9.60. The lowest BCUT2D eigenvalue weighted by Crippen LogP contribution is -2.34. The van der Waals surface area contributed by atoms with Crippen LogP contribution in [0.3, 0.4) is 0 Å². The molecule has 0 aliphatic rings. The van der Waals surface area contributed by atoms with Crippen LogP contribution in [0.2, 0.25) is 0 Å². The summed E-state index contributed by atoms with van der Waals surface area (Å²) in [7, 11) is 0.431. The predicted molar refractivity (Wildman–Crippen MR) is 128 cm³/mol. The first-order valence-electron chi connectivity index (χ1n) is 10.8. The van der Waals surface area contributed by atoms with Crippen LogP contribution in [0, 0.1) is 6.92 Å². The van der Waals surface area contributed by atoms with Crippen molar-refractivity contribution in [3.63, 3.8) is 0 Å². The van der Waals surface area contributed by atoms with Crippen molar-refractivity contribution in [2.75, 3.05) is 32.7 Å². The van der Waals surface area contributed by atoms with Crippen LogP contribution in [-0.4, -0.2) is 66.3 Å². The molecule has 0 aliphatic heterocycles. The van der Waals surface area contributed by atoms with Crippen molar-refractivity contribution in [1.29, 1.82) is 0 Å². The topological polar surface area (TPSA) is 140 Å². The molecule has 1 N–H and O–H groups in total. The van der Waals surface area contributed by atoms with E-state index in [1.54, 1.807) is 37.5 Å². The van der Waals surface area contributed by atoms with Gasteiger partial charge in [0.2, 0.25) is 16.0 Å². The summed E-state index contributed by atoms with van der Waals surface area (Å²) in [5.41, 5.74) is 1.27. The number of anilines is 1. The number of nitrogens with one attached hydrogen (secondary N) is 1. The maximum atomic E-state index is 13.5. The van der Waals surface area contributed by atoms with Crippen LogP contribution in [0.25, 0.3) is 5.69 Å². The van der Waals surface area contributed by atoms with Crippen LogP contribution >= 0.6 is 0 Å². The van der Waals surface area contributed by atoms with Gasteiger partial charge in [-0.3, -0.25) is 9.29 Å². The van der Waals surface area contributed by atoms with Gasteiger partial charge < -0.3 is 18.9 Å². The monoisotopic (exact) mass is 506 g/mol. The van der Waals surface area contributed by atoms with Crippen LogP contribution in [0.1, 0.15) is 37.2 Å². The Morgan fingerprint density at radius 3 is 2.23 bits per heavy atom. The smallest absolute Gasteiger partial charge is 0.243 e. The van der Waals surface area contributed by atoms with E-state index >= 15 is 0 Å². The third-order valence-electron chi connectivity index (χ3n) is 5.18. The maximum absolute atomic E-state index is 13.5. The highest BCUT2D eigenvalue weighted by atomic mass is 32.2. The molecule has 35 heavy (non-hydrogen) atoms. The van der Waals surface area contributed by atoms with Gasteiger partial charge in [-0.1, -0.05) is 6.07 Å². The summed E-state index contributed by atoms with van der Waals surface area (Å²) in [6.45, 7) is 5.47. The Bertz CT molecular complexity index is 1210. The minimum absolute atomic E-state index is 0.0598. The number of aryl methyl sites for hydroxylation is 1. The SMILES string of the molecule is CCO[C@H](c1ncc(C)cn1)[C@H](C)S(=O)(=O)Nc1nnc(COC)n1-c1c(OC)cccc1OC. The molecule has 3 aromatic rings. The van der Waals surface area contributed by atoms with E-state index in [4.69, 9.17) is 18.9 Å². The summed E-state index contributed by atoms with van der Waals surface area (Å²) in [5, 5.41) is 7.13. The molecular formula is C22H30N6O6S. The van der Waals surface area contributed by atoms with Crippen LogP contribution in [-0.2, 0) is 26.1 Å². The van der Waals surface area contributed by atoms with Crippen LogP contribution < -0.4 is 14.2 Å². The first-order chi connectivity index (χ1) is 16.8. The molecule has 0 fully saturated rings. The highest BCUT2D eigenvalue weighted by Gasteiger charge is 2.35. The summed E-state index contributed by atoms with van der Waals surface area (Å²) in [6.07, 6.45) is 2.32. The molecule has 0 radical (unpaired) electrons. The van der Waals surface area contributed by atoms with Crippen molar-refractivity contribution in [1.82, 2.24) is 24.7 Å². The minimum Gasteiger partial charge on any atom is -0.494 e. The second-order valence-electron chi connectivity index (χ2n) is 7.57. The zero-order valence-electron chi connectivity index (χ0n) is 20.5. The van der Waals surface area contributed by atoms with Gasteiger partial charge in [0.15, 0.2) is 11.6 Å². The molecule has 2 aromatic heterocycles. The summed E-state index contributed by atoms with van der Waals surface area (Å²) >= 11 is 0. The zero-order chi connectivity index (χ0) is 25.6. The average molecular weight is 507 g/mol. The van der Waals surface area contributed by atoms with Gasteiger partial charge in [0.25, 0.3) is 0 Å². The molecule has 190 valence electrons. The number of sulfonamides is 1. The van der Waals surface area contributed by atoms with E-state index in [0.717, 1.165) is 5.56 Å². The Kier molecular flexibility index (Phi) is 8.59. The second kappa shape index (κ2) is 11.4. The number of aromatic nitrogens is 5. The van der Waals surface area contributed by atoms with Gasteiger partial charge in [-0.05, 0) is 38.5 Å². The number of para-hydroxylation sites is 1. The van der Waals surface area contributed by atoms with Gasteiger partial charge in [0, 0.05) is 26.1 Å². The molecular weight excluding hydrogens is 476 g/mol. The normalized spacial score (nSPS) is 13.3. The van der Waals surface area contributed by atoms with E-state index in [9.17, 15) is 8.42 Å². The maximum Gasteiger partial charge on any atom is 0.243 e. The van der Waals surface area contributed by atoms with Crippen molar-refractivity contribution in [3.8, 4) is 17.2 Å². The largest absolute Gasteiger partial charge is 0.494 e. The number of rotatable bonds is 12. The Labute approximate surface area is 204 Å². The predicted octanol–water partition coefficient (Wildman–Crippen LogP) is 2.44. The van der Waals surface area contributed by atoms with Crippen molar-refractivity contribution in [2.45, 2.75) is 38.7 Å². The Morgan fingerprint density at radius 1 is 1.06 bits per heavy atom. The first-order valence-corrected chi connectivity index (χ1v) is 12.4. The third kappa shape index (κ3) is 5.69. The fourth-order valence-electron chi connectivity index (χ4n) is 3.42. The highest BCUT2D eigenvalue weighted by molar-refractivity contribution is 7.93. The summed E-state index contributed by atoms with van der Waals surface area (Å²) < 4.78 is 53.0. The van der Waals surface area contributed by atoms with E-state index < -0.39 is 21.4 Å². The molecule has 0 bridgehead atoms. The molecule has 2 atom stereocenters. The quantitative estimate of drug-likeness (QED) is 0.389. The van der Waals surface area contributed by atoms with Crippen LogP contribution in [0.15, 0.2) is 30.6 Å². The third-order valence-corrected chi connectivity index (χ3v) is 6.87. The lowest BCUT2D eigenvalue weighted by Gasteiger charge is -2.23. The molecule has 1 aromatic carbocycles. The Hall–Kier alpha value is -3.29. The molecule has 2 heterocycles. The van der Waals surface area contributed by atoms with Crippen LogP contribution in [0.5, 0.6) is 11.5 Å². The highest BCUT2D eigenvalue weighted by Crippen LogP contribution is 2.36. The van der Waals surface area contributed by atoms with Crippen LogP contribution in [0.4, 0.5) is 5.95 Å². The minimum atomic E-state index is -4.07. The van der Waals surface area contributed by atoms with Gasteiger partial charge in [0.05, 0.1) is 14.2 Å². The lowest BCUT2D eigenvalue weighted by molar-refractivity contribution is 0.0557. The lowest BCUT2D eigenvalue weighted by atomic mass is 10.2. The summed E-state index contributed by atoms with van der Waals surface area (Å²) in [6, 6.07) is 5.19. The van der Waals surface area contributed by atoms with Gasteiger partial charge in [0.1, 0.15) is 35.1 Å². The summed E-state index contributed by atoms with van der Waals surface area (Å²) in [5.74, 6) is 1.39. The average Bonchev–Trinajstić information content (AvgIpc) is 3.23. The fourth-order valence-corrected chi connectivity index (χ4v) is 4.52. The first kappa shape index (κ1) is 26.3. The molecule has 0 aliphatic carbocycles. The van der Waals surface area contributed by atoms with Gasteiger partial charge >= 0.3 is 0 Å². The van der Waals surface area contributed by atoms with E-state index in [0.29, 0.717) is 23.0 Å². The number of ether oxygens (including phenoxy) is 4. The molecule has 0 unspecified atom stereocenters. The van der Waals surface area contributed by atoms with Gasteiger partial charge in [-0.15, -0.1) is 10.2 Å². The zero-order valence-corrected chi connectivity index (χ0v) is 21.4. The molecule has 12 nitrogen and oxygen atoms in total. The molecule has 0 saturated heterocycles. The van der Waals surface area contributed by atoms with Gasteiger partial charge in [-0.25, -0.2) is 18.4 Å². The number of nitrogens with zero attached hydrogens (tertiary/aromatic N) is 5. The van der Waals surface area contributed by atoms with Crippen molar-refractivity contribution < 1.29 is 27.4 Å². The van der Waals surface area contributed by atoms with Crippen molar-refractivity contribution >= 4 is 16.0 Å². The molecule has 0 saturated carbocycles. The fraction of sp³-hybridized carbons (Fsp3) is 0.455. The molecule has 3 rings (SSSR count). The standard InChI is InChI=1S/C22H30N6O6S/c1-7-34-20(21-23-11-14(2)12-24-21)15(3)35(29,30)27-22-26-25-18(13-31-4)28(22)19-16(32-5)9-8-10-17(19)33-6/h8-12,15,20H,7,13H2,1-6H3,(H,26,27)/t15-,20-/m0/s1. The van der Waals surface area contributed by atoms with Gasteiger partial charge in [-0.2, -0.15) is 0 Å². The summed E-state index contributed by atoms with van der Waals surface area (Å²) in [4.78, 5) is 8.53. The van der Waals surface area contributed by atoms with E-state index in [-0.39, 0.29) is 25.0 Å². The number of methoxy groups -OCH3 is 3. The Morgan fingerprint density at radius 2 is 1.69 bits per heavy atom. The number of hydrogen-bond acceptors (Lipinski definition) is 10. The van der Waals surface area contributed by atoms with E-state index in [1.165, 1.54) is 32.8 Å². The molecule has 0 amide bonds. The number of benzene rings is 1. The van der Waals surface area contributed by atoms with Crippen molar-refractivity contribution in [2.24, 2.45) is 0 Å².